The number of alkyl halides is 3. The fourth-order valence-electron chi connectivity index (χ4n) is 4.92. The molecule has 3 amide bonds. The monoisotopic (exact) mass is 626 g/mol. The number of hydrogen-bond acceptors (Lipinski definition) is 5. The molecule has 0 saturated carbocycles. The summed E-state index contributed by atoms with van der Waals surface area (Å²) in [5.41, 5.74) is 2.13. The molecule has 0 fully saturated rings. The van der Waals surface area contributed by atoms with Crippen LogP contribution in [0.25, 0.3) is 10.9 Å². The van der Waals surface area contributed by atoms with E-state index in [1.807, 2.05) is 30.5 Å². The van der Waals surface area contributed by atoms with Crippen LogP contribution >= 0.6 is 0 Å². The highest BCUT2D eigenvalue weighted by Crippen LogP contribution is 2.30. The quantitative estimate of drug-likeness (QED) is 0.159. The lowest BCUT2D eigenvalue weighted by Crippen LogP contribution is -2.45. The number of fused-ring (bicyclic) bond motifs is 1. The van der Waals surface area contributed by atoms with E-state index < -0.39 is 17.8 Å². The average molecular weight is 627 g/mol. The first-order chi connectivity index (χ1) is 21.6. The second kappa shape index (κ2) is 15.3. The third-order valence-corrected chi connectivity index (χ3v) is 7.37. The van der Waals surface area contributed by atoms with Crippen molar-refractivity contribution >= 4 is 28.5 Å². The molecule has 1 aromatic heterocycles. The lowest BCUT2D eigenvalue weighted by atomic mass is 10.1. The zero-order chi connectivity index (χ0) is 32.4. The SMILES string of the molecule is COCCCN(CC(=O)N(CCc1c[nH]c2ccccc12)Cc1ccc(C(F)(F)F)cc1)C(=O)Nc1ccc(OC)cc1OC. The minimum absolute atomic E-state index is 0.0686. The Hall–Kier alpha value is -4.71. The molecule has 0 aliphatic heterocycles. The highest BCUT2D eigenvalue weighted by molar-refractivity contribution is 5.93. The van der Waals surface area contributed by atoms with Crippen LogP contribution in [-0.4, -0.2) is 74.3 Å². The first-order valence-electron chi connectivity index (χ1n) is 14.4. The molecule has 0 aliphatic carbocycles. The van der Waals surface area contributed by atoms with Crippen molar-refractivity contribution in [3.63, 3.8) is 0 Å². The van der Waals surface area contributed by atoms with Gasteiger partial charge in [0.1, 0.15) is 18.0 Å². The van der Waals surface area contributed by atoms with Crippen molar-refractivity contribution in [1.82, 2.24) is 14.8 Å². The molecule has 45 heavy (non-hydrogen) atoms. The number of nitrogens with zero attached hydrogens (tertiary/aromatic N) is 2. The molecule has 0 aliphatic rings. The van der Waals surface area contributed by atoms with E-state index >= 15 is 0 Å². The number of benzene rings is 3. The number of amides is 3. The third kappa shape index (κ3) is 8.91. The van der Waals surface area contributed by atoms with Crippen LogP contribution in [-0.2, 0) is 28.7 Å². The van der Waals surface area contributed by atoms with Gasteiger partial charge in [0.2, 0.25) is 5.91 Å². The molecular formula is C33H37F3N4O5. The Kier molecular flexibility index (Phi) is 11.3. The first-order valence-corrected chi connectivity index (χ1v) is 14.4. The largest absolute Gasteiger partial charge is 0.497 e. The Balaban J connectivity index is 1.55. The number of anilines is 1. The minimum atomic E-state index is -4.47. The smallest absolute Gasteiger partial charge is 0.416 e. The second-order valence-corrected chi connectivity index (χ2v) is 10.4. The number of rotatable bonds is 14. The van der Waals surface area contributed by atoms with Gasteiger partial charge in [-0.1, -0.05) is 30.3 Å². The lowest BCUT2D eigenvalue weighted by molar-refractivity contribution is -0.137. The van der Waals surface area contributed by atoms with Gasteiger partial charge in [-0.2, -0.15) is 13.2 Å². The molecule has 0 unspecified atom stereocenters. The van der Waals surface area contributed by atoms with Crippen molar-refractivity contribution in [2.24, 2.45) is 0 Å². The molecule has 0 spiro atoms. The van der Waals surface area contributed by atoms with Gasteiger partial charge in [-0.05, 0) is 54.3 Å². The molecule has 0 saturated heterocycles. The van der Waals surface area contributed by atoms with Crippen LogP contribution in [0, 0.1) is 0 Å². The molecule has 2 N–H and O–H groups in total. The summed E-state index contributed by atoms with van der Waals surface area (Å²) in [5.74, 6) is 0.573. The molecule has 9 nitrogen and oxygen atoms in total. The van der Waals surface area contributed by atoms with Crippen LogP contribution in [0.2, 0.25) is 0 Å². The van der Waals surface area contributed by atoms with E-state index in [1.54, 1.807) is 30.2 Å². The highest BCUT2D eigenvalue weighted by Gasteiger charge is 2.30. The summed E-state index contributed by atoms with van der Waals surface area (Å²) in [7, 11) is 4.54. The van der Waals surface area contributed by atoms with Gasteiger partial charge in [0.15, 0.2) is 0 Å². The number of halogens is 3. The summed E-state index contributed by atoms with van der Waals surface area (Å²) in [6.45, 7) is 0.684. The van der Waals surface area contributed by atoms with Crippen LogP contribution in [0.3, 0.4) is 0 Å². The Morgan fingerprint density at radius 3 is 2.36 bits per heavy atom. The van der Waals surface area contributed by atoms with Crippen LogP contribution < -0.4 is 14.8 Å². The predicted molar refractivity (Wildman–Crippen MR) is 165 cm³/mol. The predicted octanol–water partition coefficient (Wildman–Crippen LogP) is 6.35. The average Bonchev–Trinajstić information content (AvgIpc) is 3.45. The van der Waals surface area contributed by atoms with E-state index in [4.69, 9.17) is 14.2 Å². The summed E-state index contributed by atoms with van der Waals surface area (Å²) in [4.78, 5) is 33.5. The summed E-state index contributed by atoms with van der Waals surface area (Å²) in [6, 6.07) is 17.0. The summed E-state index contributed by atoms with van der Waals surface area (Å²) in [5, 5.41) is 3.83. The van der Waals surface area contributed by atoms with Crippen molar-refractivity contribution < 1.29 is 37.0 Å². The Morgan fingerprint density at radius 2 is 1.67 bits per heavy atom. The summed E-state index contributed by atoms with van der Waals surface area (Å²) >= 11 is 0. The molecule has 4 rings (SSSR count). The van der Waals surface area contributed by atoms with Crippen molar-refractivity contribution in [2.45, 2.75) is 25.6 Å². The maximum atomic E-state index is 13.8. The van der Waals surface area contributed by atoms with Gasteiger partial charge in [-0.3, -0.25) is 4.79 Å². The highest BCUT2D eigenvalue weighted by atomic mass is 19.4. The van der Waals surface area contributed by atoms with Crippen LogP contribution in [0.15, 0.2) is 72.9 Å². The van der Waals surface area contributed by atoms with Crippen molar-refractivity contribution in [1.29, 1.82) is 0 Å². The fraction of sp³-hybridized carbons (Fsp3) is 0.333. The number of aromatic nitrogens is 1. The Bertz CT molecular complexity index is 1570. The molecule has 240 valence electrons. The maximum absolute atomic E-state index is 13.8. The number of urea groups is 1. The number of methoxy groups -OCH3 is 3. The first kappa shape index (κ1) is 33.2. The van der Waals surface area contributed by atoms with E-state index in [2.05, 4.69) is 10.3 Å². The number of hydrogen-bond donors (Lipinski definition) is 2. The maximum Gasteiger partial charge on any atom is 0.416 e. The fourth-order valence-corrected chi connectivity index (χ4v) is 4.92. The lowest BCUT2D eigenvalue weighted by Gasteiger charge is -2.28. The number of carbonyl (C=O) groups excluding carboxylic acids is 2. The molecular weight excluding hydrogens is 589 g/mol. The Morgan fingerprint density at radius 1 is 0.911 bits per heavy atom. The van der Waals surface area contributed by atoms with Gasteiger partial charge in [-0.25, -0.2) is 4.79 Å². The van der Waals surface area contributed by atoms with Crippen molar-refractivity contribution in [3.05, 3.63) is 89.6 Å². The van der Waals surface area contributed by atoms with Crippen molar-refractivity contribution in [3.8, 4) is 11.5 Å². The topological polar surface area (TPSA) is 96.1 Å². The second-order valence-electron chi connectivity index (χ2n) is 10.4. The summed E-state index contributed by atoms with van der Waals surface area (Å²) < 4.78 is 55.3. The number of aromatic amines is 1. The molecule has 0 bridgehead atoms. The molecule has 4 aromatic rings. The van der Waals surface area contributed by atoms with E-state index in [0.29, 0.717) is 42.2 Å². The van der Waals surface area contributed by atoms with Gasteiger partial charge >= 0.3 is 12.2 Å². The third-order valence-electron chi connectivity index (χ3n) is 7.37. The number of ether oxygens (including phenoxy) is 3. The minimum Gasteiger partial charge on any atom is -0.497 e. The van der Waals surface area contributed by atoms with Crippen LogP contribution in [0.5, 0.6) is 11.5 Å². The van der Waals surface area contributed by atoms with Crippen LogP contribution in [0.4, 0.5) is 23.7 Å². The molecule has 1 heterocycles. The van der Waals surface area contributed by atoms with E-state index in [0.717, 1.165) is 28.6 Å². The van der Waals surface area contributed by atoms with Crippen molar-refractivity contribution in [2.75, 3.05) is 52.9 Å². The van der Waals surface area contributed by atoms with E-state index in [-0.39, 0.29) is 32.1 Å². The van der Waals surface area contributed by atoms with Gasteiger partial charge in [0, 0.05) is 56.5 Å². The molecule has 0 atom stereocenters. The van der Waals surface area contributed by atoms with E-state index in [1.165, 1.54) is 31.3 Å². The standard InChI is InChI=1S/C33H37F3N4O5/c1-43-18-6-16-40(32(42)38-29-14-13-26(44-2)19-30(29)45-3)22-31(41)39(21-23-9-11-25(12-10-23)33(34,35)36)17-15-24-20-37-28-8-5-4-7-27(24)28/h4-5,7-14,19-20,37H,6,15-18,21-22H2,1-3H3,(H,38,42). The van der Waals surface area contributed by atoms with Gasteiger partial charge in [-0.15, -0.1) is 0 Å². The van der Waals surface area contributed by atoms with Gasteiger partial charge in [0.05, 0.1) is 25.5 Å². The Labute approximate surface area is 259 Å². The van der Waals surface area contributed by atoms with Gasteiger partial charge in [0.25, 0.3) is 0 Å². The number of carbonyl (C=O) groups is 2. The summed E-state index contributed by atoms with van der Waals surface area (Å²) in [6.07, 6.45) is -1.61. The zero-order valence-electron chi connectivity index (χ0n) is 25.4. The number of H-pyrrole nitrogens is 1. The van der Waals surface area contributed by atoms with E-state index in [9.17, 15) is 22.8 Å². The molecule has 3 aromatic carbocycles. The molecule has 0 radical (unpaired) electrons. The van der Waals surface area contributed by atoms with Gasteiger partial charge < -0.3 is 34.3 Å². The van der Waals surface area contributed by atoms with Crippen LogP contribution in [0.1, 0.15) is 23.1 Å². The number of nitrogens with one attached hydrogen (secondary N) is 2. The zero-order valence-corrected chi connectivity index (χ0v) is 25.4. The normalized spacial score (nSPS) is 11.3. The number of para-hydroxylation sites is 1. The molecule has 12 heteroatoms.